The van der Waals surface area contributed by atoms with Gasteiger partial charge < -0.3 is 35.1 Å². The summed E-state index contributed by atoms with van der Waals surface area (Å²) in [6.45, 7) is 5.41. The highest BCUT2D eigenvalue weighted by Gasteiger charge is 2.44. The fraction of sp³-hybridized carbons (Fsp3) is 0.727. The minimum absolute atomic E-state index is 0.0918. The van der Waals surface area contributed by atoms with E-state index in [1.54, 1.807) is 0 Å². The van der Waals surface area contributed by atoms with Gasteiger partial charge in [-0.05, 0) is 39.0 Å². The predicted octanol–water partition coefficient (Wildman–Crippen LogP) is -0.169. The van der Waals surface area contributed by atoms with Gasteiger partial charge in [-0.1, -0.05) is 6.92 Å². The Morgan fingerprint density at radius 2 is 1.82 bits per heavy atom. The first-order valence-electron chi connectivity index (χ1n) is 11.3. The summed E-state index contributed by atoms with van der Waals surface area (Å²) in [7, 11) is 0. The summed E-state index contributed by atoms with van der Waals surface area (Å²) in [5.74, 6) is -1.92. The smallest absolute Gasteiger partial charge is 0.342 e. The van der Waals surface area contributed by atoms with Gasteiger partial charge in [0.25, 0.3) is 0 Å². The summed E-state index contributed by atoms with van der Waals surface area (Å²) in [4.78, 5) is 46.2. The van der Waals surface area contributed by atoms with Crippen LogP contribution < -0.4 is 10.6 Å². The predicted molar refractivity (Wildman–Crippen MR) is 114 cm³/mol. The van der Waals surface area contributed by atoms with Gasteiger partial charge >= 0.3 is 11.9 Å². The monoisotopic (exact) mass is 470 g/mol. The number of esters is 2. The Labute approximate surface area is 192 Å². The average Bonchev–Trinajstić information content (AvgIpc) is 3.01. The van der Waals surface area contributed by atoms with Gasteiger partial charge in [0.1, 0.15) is 18.2 Å². The number of aliphatic hydroxyl groups excluding tert-OH is 2. The van der Waals surface area contributed by atoms with Crippen LogP contribution in [0.1, 0.15) is 59.3 Å². The summed E-state index contributed by atoms with van der Waals surface area (Å²) in [5, 5.41) is 25.8. The zero-order valence-corrected chi connectivity index (χ0v) is 19.3. The maximum Gasteiger partial charge on any atom is 0.342 e. The van der Waals surface area contributed by atoms with E-state index in [0.29, 0.717) is 32.4 Å². The van der Waals surface area contributed by atoms with Crippen LogP contribution in [0.5, 0.6) is 0 Å². The van der Waals surface area contributed by atoms with Crippen molar-refractivity contribution in [3.05, 3.63) is 11.1 Å². The second-order valence-corrected chi connectivity index (χ2v) is 8.22. The Hall–Kier alpha value is -2.34. The molecular weight excluding hydrogens is 436 g/mol. The quantitative estimate of drug-likeness (QED) is 0.172. The molecule has 11 heteroatoms. The Morgan fingerprint density at radius 1 is 1.09 bits per heavy atom. The van der Waals surface area contributed by atoms with E-state index in [9.17, 15) is 29.4 Å². The van der Waals surface area contributed by atoms with E-state index in [1.807, 2.05) is 6.92 Å². The van der Waals surface area contributed by atoms with Crippen molar-refractivity contribution in [2.45, 2.75) is 89.9 Å². The van der Waals surface area contributed by atoms with E-state index in [0.717, 1.165) is 6.42 Å². The number of nitrogens with one attached hydrogen (secondary N) is 2. The average molecular weight is 471 g/mol. The fourth-order valence-electron chi connectivity index (χ4n) is 3.75. The van der Waals surface area contributed by atoms with Gasteiger partial charge in [0.05, 0.1) is 6.10 Å². The largest absolute Gasteiger partial charge is 0.388 e. The van der Waals surface area contributed by atoms with Gasteiger partial charge in [0.15, 0.2) is 6.29 Å². The van der Waals surface area contributed by atoms with Gasteiger partial charge in [-0.3, -0.25) is 9.59 Å². The van der Waals surface area contributed by atoms with Crippen LogP contribution in [0, 0.1) is 0 Å². The van der Waals surface area contributed by atoms with Crippen LogP contribution in [0.25, 0.3) is 0 Å². The first-order chi connectivity index (χ1) is 15.6. The van der Waals surface area contributed by atoms with Crippen LogP contribution in [-0.2, 0) is 33.4 Å². The number of rotatable bonds is 12. The molecule has 2 rings (SSSR count). The number of carbonyl (C=O) groups is 4. The molecule has 0 saturated carbocycles. The topological polar surface area (TPSA) is 160 Å². The van der Waals surface area contributed by atoms with Gasteiger partial charge in [-0.2, -0.15) is 0 Å². The molecule has 2 aliphatic heterocycles. The Kier molecular flexibility index (Phi) is 10.4. The van der Waals surface area contributed by atoms with Crippen molar-refractivity contribution in [2.75, 3.05) is 13.2 Å². The Bertz CT molecular complexity index is 767. The van der Waals surface area contributed by atoms with Crippen LogP contribution in [0.2, 0.25) is 0 Å². The van der Waals surface area contributed by atoms with Gasteiger partial charge in [-0.15, -0.1) is 0 Å². The molecule has 2 heterocycles. The summed E-state index contributed by atoms with van der Waals surface area (Å²) < 4.78 is 15.9. The lowest BCUT2D eigenvalue weighted by molar-refractivity contribution is -0.265. The molecule has 0 aromatic heterocycles. The first kappa shape index (κ1) is 26.9. The normalized spacial score (nSPS) is 27.5. The van der Waals surface area contributed by atoms with Gasteiger partial charge in [0, 0.05) is 37.6 Å². The lowest BCUT2D eigenvalue weighted by atomic mass is 9.95. The molecule has 0 spiro atoms. The highest BCUT2D eigenvalue weighted by molar-refractivity contribution is 6.12. The molecule has 0 radical (unpaired) electrons. The molecule has 11 nitrogen and oxygen atoms in total. The fourth-order valence-corrected chi connectivity index (χ4v) is 3.75. The van der Waals surface area contributed by atoms with Crippen molar-refractivity contribution < 1.29 is 43.6 Å². The Morgan fingerprint density at radius 3 is 2.42 bits per heavy atom. The van der Waals surface area contributed by atoms with E-state index in [4.69, 9.17) is 9.47 Å². The number of ether oxygens (including phenoxy) is 3. The number of hydrogen-bond acceptors (Lipinski definition) is 9. The van der Waals surface area contributed by atoms with E-state index >= 15 is 0 Å². The number of hydrogen-bond donors (Lipinski definition) is 4. The number of unbranched alkanes of at least 4 members (excludes halogenated alkanes) is 2. The summed E-state index contributed by atoms with van der Waals surface area (Å²) in [6.07, 6.45) is -0.912. The van der Waals surface area contributed by atoms with Crippen molar-refractivity contribution in [1.82, 2.24) is 10.6 Å². The highest BCUT2D eigenvalue weighted by atomic mass is 16.7. The third kappa shape index (κ3) is 7.60. The molecule has 0 bridgehead atoms. The van der Waals surface area contributed by atoms with Crippen LogP contribution in [0.3, 0.4) is 0 Å². The van der Waals surface area contributed by atoms with Gasteiger partial charge in [0.2, 0.25) is 11.8 Å². The summed E-state index contributed by atoms with van der Waals surface area (Å²) in [5.41, 5.74) is 0.500. The Balaban J connectivity index is 1.64. The molecule has 1 fully saturated rings. The minimum Gasteiger partial charge on any atom is -0.388 e. The van der Waals surface area contributed by atoms with Crippen LogP contribution in [0.15, 0.2) is 11.1 Å². The number of carbonyl (C=O) groups excluding carboxylic acids is 4. The van der Waals surface area contributed by atoms with Crippen molar-refractivity contribution in [2.24, 2.45) is 0 Å². The zero-order valence-electron chi connectivity index (χ0n) is 19.3. The standard InChI is InChI=1S/C22H34N2O9/c1-4-15-18(27)19(28)17(24-13(3)25)22(32-15)31-11-7-5-6-10-23-16(26)9-8-14-12(2)20(29)33-21(14)30/h15,17-19,22,27-28H,4-11H2,1-3H3,(H,23,26)(H,24,25)/t15-,17-,18+,19-,22?/m1/s1. The number of cyclic esters (lactones) is 2. The molecule has 186 valence electrons. The number of aliphatic hydroxyl groups is 2. The van der Waals surface area contributed by atoms with E-state index in [2.05, 4.69) is 15.4 Å². The summed E-state index contributed by atoms with van der Waals surface area (Å²) in [6, 6.07) is -0.870. The van der Waals surface area contributed by atoms with E-state index < -0.39 is 42.6 Å². The molecule has 0 aromatic rings. The third-order valence-electron chi connectivity index (χ3n) is 5.69. The molecule has 5 atom stereocenters. The molecule has 1 unspecified atom stereocenters. The second-order valence-electron chi connectivity index (χ2n) is 8.22. The minimum atomic E-state index is -1.20. The van der Waals surface area contributed by atoms with E-state index in [1.165, 1.54) is 13.8 Å². The second kappa shape index (κ2) is 12.8. The molecule has 1 saturated heterocycles. The van der Waals surface area contributed by atoms with Crippen LogP contribution in [-0.4, -0.2) is 77.8 Å². The molecule has 0 aromatic carbocycles. The van der Waals surface area contributed by atoms with Crippen LogP contribution >= 0.6 is 0 Å². The highest BCUT2D eigenvalue weighted by Crippen LogP contribution is 2.24. The molecule has 33 heavy (non-hydrogen) atoms. The lowest BCUT2D eigenvalue weighted by Crippen LogP contribution is -2.63. The van der Waals surface area contributed by atoms with Gasteiger partial charge in [-0.25, -0.2) is 9.59 Å². The SMILES string of the molecule is CC[C@H]1OC(OCCCCCNC(=O)CCC2=C(C)C(=O)OC2=O)[C@H](NC(C)=O)[C@@H](O)[C@H]1O. The molecule has 2 amide bonds. The third-order valence-corrected chi connectivity index (χ3v) is 5.69. The van der Waals surface area contributed by atoms with E-state index in [-0.39, 0.29) is 35.8 Å². The van der Waals surface area contributed by atoms with Crippen LogP contribution in [0.4, 0.5) is 0 Å². The zero-order chi connectivity index (χ0) is 24.5. The number of amides is 2. The first-order valence-corrected chi connectivity index (χ1v) is 11.3. The molecular formula is C22H34N2O9. The van der Waals surface area contributed by atoms with Crippen molar-refractivity contribution in [3.63, 3.8) is 0 Å². The summed E-state index contributed by atoms with van der Waals surface area (Å²) >= 11 is 0. The van der Waals surface area contributed by atoms with Crippen molar-refractivity contribution >= 4 is 23.8 Å². The van der Waals surface area contributed by atoms with Crippen molar-refractivity contribution in [3.8, 4) is 0 Å². The maximum absolute atomic E-state index is 11.9. The molecule has 0 aliphatic carbocycles. The molecule has 4 N–H and O–H groups in total. The van der Waals surface area contributed by atoms with Crippen molar-refractivity contribution in [1.29, 1.82) is 0 Å². The maximum atomic E-state index is 11.9. The molecule has 2 aliphatic rings. The lowest BCUT2D eigenvalue weighted by Gasteiger charge is -2.42.